The Hall–Kier alpha value is -0.570. The average molecular weight is 508 g/mol. The van der Waals surface area contributed by atoms with E-state index in [4.69, 9.17) is 4.74 Å². The van der Waals surface area contributed by atoms with Gasteiger partial charge in [0.1, 0.15) is 0 Å². The Labute approximate surface area is 188 Å². The molecule has 6 nitrogen and oxygen atoms in total. The number of hydrogen-bond acceptors (Lipinski definition) is 3. The molecule has 0 aromatic rings. The van der Waals surface area contributed by atoms with Crippen molar-refractivity contribution in [2.24, 2.45) is 15.8 Å². The van der Waals surface area contributed by atoms with Crippen LogP contribution in [0.3, 0.4) is 0 Å². The van der Waals surface area contributed by atoms with Gasteiger partial charge in [0, 0.05) is 47.4 Å². The van der Waals surface area contributed by atoms with Gasteiger partial charge in [-0.25, -0.2) is 0 Å². The van der Waals surface area contributed by atoms with E-state index in [9.17, 15) is 4.79 Å². The molecule has 2 saturated carbocycles. The van der Waals surface area contributed by atoms with E-state index in [-0.39, 0.29) is 35.3 Å². The summed E-state index contributed by atoms with van der Waals surface area (Å²) in [5, 5.41) is 7.00. The van der Waals surface area contributed by atoms with Crippen molar-refractivity contribution in [3.05, 3.63) is 0 Å². The third-order valence-electron chi connectivity index (χ3n) is 6.51. The molecule has 164 valence electrons. The summed E-state index contributed by atoms with van der Waals surface area (Å²) in [6.07, 6.45) is 10.4. The number of guanidine groups is 1. The summed E-state index contributed by atoms with van der Waals surface area (Å²) >= 11 is 0. The molecule has 0 unspecified atom stereocenters. The summed E-state index contributed by atoms with van der Waals surface area (Å²) in [5.41, 5.74) is 0.0401. The fourth-order valence-electron chi connectivity index (χ4n) is 4.81. The molecule has 2 aliphatic rings. The minimum absolute atomic E-state index is 0. The van der Waals surface area contributed by atoms with Gasteiger partial charge in [-0.15, -0.1) is 24.0 Å². The van der Waals surface area contributed by atoms with Crippen molar-refractivity contribution in [1.29, 1.82) is 0 Å². The highest BCUT2D eigenvalue weighted by molar-refractivity contribution is 14.0. The minimum Gasteiger partial charge on any atom is -0.382 e. The second-order valence-corrected chi connectivity index (χ2v) is 8.62. The molecule has 2 N–H and O–H groups in total. The Morgan fingerprint density at radius 3 is 2.14 bits per heavy atom. The second kappa shape index (κ2) is 12.2. The van der Waals surface area contributed by atoms with Crippen molar-refractivity contribution in [3.63, 3.8) is 0 Å². The van der Waals surface area contributed by atoms with Crippen LogP contribution in [0.1, 0.15) is 64.7 Å². The van der Waals surface area contributed by atoms with Gasteiger partial charge in [0.05, 0.1) is 5.41 Å². The Balaban J connectivity index is 0.00000392. The standard InChI is InChI=1S/C21H40N4O2.HI/c1-5-27-15-14-20(10-6-7-11-20)16-23-19(22-2)24-17-21(12-8-9-13-21)18(26)25(3)4;/h5-17H2,1-4H3,(H2,22,23,24);1H. The fourth-order valence-corrected chi connectivity index (χ4v) is 4.81. The van der Waals surface area contributed by atoms with Gasteiger partial charge < -0.3 is 20.3 Å². The summed E-state index contributed by atoms with van der Waals surface area (Å²) in [4.78, 5) is 18.9. The topological polar surface area (TPSA) is 66.0 Å². The molecule has 2 fully saturated rings. The van der Waals surface area contributed by atoms with Crippen LogP contribution in [0, 0.1) is 10.8 Å². The zero-order valence-corrected chi connectivity index (χ0v) is 20.6. The number of carbonyl (C=O) groups is 1. The molecule has 0 atom stereocenters. The molecular weight excluding hydrogens is 467 g/mol. The molecule has 0 bridgehead atoms. The van der Waals surface area contributed by atoms with Crippen LogP contribution in [-0.2, 0) is 9.53 Å². The lowest BCUT2D eigenvalue weighted by atomic mass is 9.83. The molecule has 0 spiro atoms. The highest BCUT2D eigenvalue weighted by Gasteiger charge is 2.42. The first kappa shape index (κ1) is 25.5. The van der Waals surface area contributed by atoms with Gasteiger partial charge in [-0.1, -0.05) is 25.7 Å². The van der Waals surface area contributed by atoms with Crippen LogP contribution >= 0.6 is 24.0 Å². The van der Waals surface area contributed by atoms with Crippen LogP contribution in [0.25, 0.3) is 0 Å². The van der Waals surface area contributed by atoms with Crippen molar-refractivity contribution >= 4 is 35.8 Å². The predicted molar refractivity (Wildman–Crippen MR) is 126 cm³/mol. The van der Waals surface area contributed by atoms with Gasteiger partial charge in [0.15, 0.2) is 5.96 Å². The molecule has 7 heteroatoms. The van der Waals surface area contributed by atoms with Crippen LogP contribution in [0.5, 0.6) is 0 Å². The number of carbonyl (C=O) groups excluding carboxylic acids is 1. The Kier molecular flexibility index (Phi) is 11.1. The highest BCUT2D eigenvalue weighted by Crippen LogP contribution is 2.41. The number of aliphatic imine (C=N–C) groups is 1. The van der Waals surface area contributed by atoms with Crippen molar-refractivity contribution < 1.29 is 9.53 Å². The Bertz CT molecular complexity index is 499. The van der Waals surface area contributed by atoms with Gasteiger partial charge in [0.2, 0.25) is 5.91 Å². The van der Waals surface area contributed by atoms with E-state index >= 15 is 0 Å². The average Bonchev–Trinajstić information content (AvgIpc) is 3.32. The lowest BCUT2D eigenvalue weighted by Crippen LogP contribution is -2.50. The van der Waals surface area contributed by atoms with Crippen LogP contribution in [-0.4, -0.2) is 64.2 Å². The van der Waals surface area contributed by atoms with Crippen molar-refractivity contribution in [3.8, 4) is 0 Å². The summed E-state index contributed by atoms with van der Waals surface area (Å²) < 4.78 is 5.61. The van der Waals surface area contributed by atoms with E-state index in [2.05, 4.69) is 22.5 Å². The van der Waals surface area contributed by atoms with Crippen LogP contribution in [0.15, 0.2) is 4.99 Å². The maximum absolute atomic E-state index is 12.7. The molecule has 0 heterocycles. The summed E-state index contributed by atoms with van der Waals surface area (Å²) in [6.45, 7) is 5.27. The number of ether oxygens (including phenoxy) is 1. The number of rotatable bonds is 9. The number of amides is 1. The first-order valence-corrected chi connectivity index (χ1v) is 10.7. The summed E-state index contributed by atoms with van der Waals surface area (Å²) in [5.74, 6) is 1.06. The molecule has 1 amide bonds. The van der Waals surface area contributed by atoms with E-state index < -0.39 is 0 Å². The Morgan fingerprint density at radius 2 is 1.61 bits per heavy atom. The normalized spacial score (nSPS) is 20.5. The molecule has 0 aromatic heterocycles. The summed E-state index contributed by atoms with van der Waals surface area (Å²) in [6, 6.07) is 0. The van der Waals surface area contributed by atoms with E-state index in [0.29, 0.717) is 12.0 Å². The van der Waals surface area contributed by atoms with E-state index in [1.54, 1.807) is 4.90 Å². The van der Waals surface area contributed by atoms with Gasteiger partial charge in [0.25, 0.3) is 0 Å². The number of halogens is 1. The quantitative estimate of drug-likeness (QED) is 0.217. The largest absolute Gasteiger partial charge is 0.382 e. The zero-order chi connectivity index (χ0) is 19.8. The number of nitrogens with one attached hydrogen (secondary N) is 2. The fraction of sp³-hybridized carbons (Fsp3) is 0.905. The lowest BCUT2D eigenvalue weighted by molar-refractivity contribution is -0.138. The molecule has 0 radical (unpaired) electrons. The molecule has 0 saturated heterocycles. The van der Waals surface area contributed by atoms with Crippen molar-refractivity contribution in [2.45, 2.75) is 64.7 Å². The Morgan fingerprint density at radius 1 is 1.04 bits per heavy atom. The minimum atomic E-state index is -0.277. The monoisotopic (exact) mass is 508 g/mol. The zero-order valence-electron chi connectivity index (χ0n) is 18.3. The lowest BCUT2D eigenvalue weighted by Gasteiger charge is -2.33. The van der Waals surface area contributed by atoms with Crippen LogP contribution < -0.4 is 10.6 Å². The molecular formula is C21H41IN4O2. The van der Waals surface area contributed by atoms with E-state index in [1.807, 2.05) is 21.1 Å². The van der Waals surface area contributed by atoms with E-state index in [1.165, 1.54) is 25.7 Å². The third kappa shape index (κ3) is 6.75. The maximum atomic E-state index is 12.7. The molecule has 2 aliphatic carbocycles. The molecule has 2 rings (SSSR count). The van der Waals surface area contributed by atoms with Gasteiger partial charge in [-0.2, -0.15) is 0 Å². The van der Waals surface area contributed by atoms with E-state index in [0.717, 1.165) is 57.8 Å². The van der Waals surface area contributed by atoms with Crippen molar-refractivity contribution in [2.75, 3.05) is 47.4 Å². The molecule has 0 aromatic carbocycles. The SMILES string of the molecule is CCOCCC1(CNC(=NC)NCC2(C(=O)N(C)C)CCCC2)CCCC1.I. The first-order valence-electron chi connectivity index (χ1n) is 10.7. The van der Waals surface area contributed by atoms with Crippen LogP contribution in [0.4, 0.5) is 0 Å². The van der Waals surface area contributed by atoms with Crippen molar-refractivity contribution in [1.82, 2.24) is 15.5 Å². The first-order chi connectivity index (χ1) is 13.0. The molecule has 28 heavy (non-hydrogen) atoms. The van der Waals surface area contributed by atoms with Gasteiger partial charge in [-0.05, 0) is 44.4 Å². The van der Waals surface area contributed by atoms with Gasteiger partial charge in [-0.3, -0.25) is 9.79 Å². The number of hydrogen-bond donors (Lipinski definition) is 2. The van der Waals surface area contributed by atoms with Crippen LogP contribution in [0.2, 0.25) is 0 Å². The maximum Gasteiger partial charge on any atom is 0.230 e. The predicted octanol–water partition coefficient (Wildman–Crippen LogP) is 3.41. The molecule has 0 aliphatic heterocycles. The smallest absolute Gasteiger partial charge is 0.230 e. The third-order valence-corrected chi connectivity index (χ3v) is 6.51. The van der Waals surface area contributed by atoms with Gasteiger partial charge >= 0.3 is 0 Å². The second-order valence-electron chi connectivity index (χ2n) is 8.62. The highest BCUT2D eigenvalue weighted by atomic mass is 127. The summed E-state index contributed by atoms with van der Waals surface area (Å²) in [7, 11) is 5.53. The number of nitrogens with zero attached hydrogens (tertiary/aromatic N) is 2.